The van der Waals surface area contributed by atoms with Crippen LogP contribution in [0.5, 0.6) is 0 Å². The first-order chi connectivity index (χ1) is 13.6. The first kappa shape index (κ1) is 20.6. The van der Waals surface area contributed by atoms with Crippen molar-refractivity contribution >= 4 is 11.6 Å². The summed E-state index contributed by atoms with van der Waals surface area (Å²) < 4.78 is 55.0. The monoisotopic (exact) mass is 405 g/mol. The molecule has 29 heavy (non-hydrogen) atoms. The summed E-state index contributed by atoms with van der Waals surface area (Å²) in [4.78, 5) is 12.4. The zero-order chi connectivity index (χ0) is 21.3. The lowest BCUT2D eigenvalue weighted by molar-refractivity contribution is -0.141. The number of benzene rings is 2. The van der Waals surface area contributed by atoms with Crippen LogP contribution in [-0.2, 0) is 6.18 Å². The van der Waals surface area contributed by atoms with E-state index in [0.717, 1.165) is 22.4 Å². The van der Waals surface area contributed by atoms with Crippen LogP contribution >= 0.6 is 0 Å². The maximum Gasteiger partial charge on any atom is 0.435 e. The fourth-order valence-corrected chi connectivity index (χ4v) is 2.90. The molecule has 0 unspecified atom stereocenters. The van der Waals surface area contributed by atoms with Crippen LogP contribution in [0.25, 0.3) is 11.3 Å². The fraction of sp³-hybridized carbons (Fsp3) is 0.238. The molecule has 0 saturated heterocycles. The normalized spacial score (nSPS) is 11.7. The molecule has 3 rings (SSSR count). The third-order valence-corrected chi connectivity index (χ3v) is 4.42. The summed E-state index contributed by atoms with van der Waals surface area (Å²) >= 11 is 0. The first-order valence-corrected chi connectivity index (χ1v) is 8.91. The van der Waals surface area contributed by atoms with Crippen molar-refractivity contribution in [2.45, 2.75) is 33.0 Å². The second kappa shape index (κ2) is 7.69. The highest BCUT2D eigenvalue weighted by atomic mass is 19.4. The summed E-state index contributed by atoms with van der Waals surface area (Å²) in [5.41, 5.74) is 0.334. The highest BCUT2D eigenvalue weighted by Crippen LogP contribution is 2.34. The van der Waals surface area contributed by atoms with Crippen LogP contribution in [0.4, 0.5) is 23.2 Å². The number of rotatable bonds is 4. The largest absolute Gasteiger partial charge is 0.435 e. The average Bonchev–Trinajstić information content (AvgIpc) is 3.09. The van der Waals surface area contributed by atoms with Crippen LogP contribution in [0.1, 0.15) is 41.5 Å². The highest BCUT2D eigenvalue weighted by Gasteiger charge is 2.35. The molecule has 1 heterocycles. The average molecular weight is 405 g/mol. The summed E-state index contributed by atoms with van der Waals surface area (Å²) in [7, 11) is 0. The Hall–Kier alpha value is -3.16. The van der Waals surface area contributed by atoms with Gasteiger partial charge in [-0.05, 0) is 56.7 Å². The van der Waals surface area contributed by atoms with Crippen LogP contribution < -0.4 is 5.32 Å². The molecule has 1 aromatic heterocycles. The van der Waals surface area contributed by atoms with Crippen molar-refractivity contribution in [2.75, 3.05) is 5.32 Å². The van der Waals surface area contributed by atoms with Gasteiger partial charge in [-0.2, -0.15) is 18.3 Å². The summed E-state index contributed by atoms with van der Waals surface area (Å²) in [6, 6.07) is 11.2. The lowest BCUT2D eigenvalue weighted by atomic mass is 10.1. The summed E-state index contributed by atoms with van der Waals surface area (Å²) in [5.74, 6) is -1.32. The minimum atomic E-state index is -4.64. The molecule has 1 amide bonds. The number of nitrogens with zero attached hydrogens (tertiary/aromatic N) is 2. The van der Waals surface area contributed by atoms with Crippen molar-refractivity contribution in [3.63, 3.8) is 0 Å². The molecule has 0 fully saturated rings. The zero-order valence-electron chi connectivity index (χ0n) is 16.0. The first-order valence-electron chi connectivity index (χ1n) is 8.91. The number of amides is 1. The molecule has 152 valence electrons. The van der Waals surface area contributed by atoms with Crippen LogP contribution in [-0.4, -0.2) is 15.7 Å². The number of halogens is 4. The van der Waals surface area contributed by atoms with Gasteiger partial charge >= 0.3 is 6.18 Å². The van der Waals surface area contributed by atoms with E-state index in [9.17, 15) is 22.4 Å². The number of carbonyl (C=O) groups excluding carboxylic acids is 1. The van der Waals surface area contributed by atoms with E-state index in [0.29, 0.717) is 5.69 Å². The Bertz CT molecular complexity index is 1050. The van der Waals surface area contributed by atoms with Crippen molar-refractivity contribution in [2.24, 2.45) is 0 Å². The summed E-state index contributed by atoms with van der Waals surface area (Å²) in [5, 5.41) is 6.26. The van der Waals surface area contributed by atoms with Gasteiger partial charge in [0.25, 0.3) is 5.91 Å². The number of hydrogen-bond donors (Lipinski definition) is 1. The molecule has 1 N–H and O–H groups in total. The molecule has 0 saturated carbocycles. The van der Waals surface area contributed by atoms with Crippen molar-refractivity contribution in [3.8, 4) is 11.3 Å². The second-order valence-electron chi connectivity index (χ2n) is 6.91. The van der Waals surface area contributed by atoms with Crippen LogP contribution in [0.3, 0.4) is 0 Å². The maximum atomic E-state index is 14.8. The van der Waals surface area contributed by atoms with Gasteiger partial charge < -0.3 is 5.32 Å². The summed E-state index contributed by atoms with van der Waals surface area (Å²) in [6.45, 7) is 5.13. The fourth-order valence-electron chi connectivity index (χ4n) is 2.90. The Morgan fingerprint density at radius 1 is 1.10 bits per heavy atom. The SMILES string of the molecule is Cc1ccccc1NC(=O)c1ccc(-c2cc(C(F)(F)F)nn2C(C)C)c(F)c1. The number of para-hydroxylation sites is 1. The molecular weight excluding hydrogens is 386 g/mol. The van der Waals surface area contributed by atoms with Gasteiger partial charge in [0, 0.05) is 22.9 Å². The molecule has 0 aliphatic heterocycles. The van der Waals surface area contributed by atoms with E-state index in [4.69, 9.17) is 0 Å². The summed E-state index contributed by atoms with van der Waals surface area (Å²) in [6.07, 6.45) is -4.64. The van der Waals surface area contributed by atoms with Crippen molar-refractivity contribution in [3.05, 3.63) is 71.2 Å². The van der Waals surface area contributed by atoms with Crippen molar-refractivity contribution in [1.29, 1.82) is 0 Å². The number of aromatic nitrogens is 2. The van der Waals surface area contributed by atoms with E-state index < -0.39 is 29.6 Å². The van der Waals surface area contributed by atoms with E-state index in [2.05, 4.69) is 10.4 Å². The predicted molar refractivity (Wildman–Crippen MR) is 102 cm³/mol. The molecule has 0 aliphatic rings. The van der Waals surface area contributed by atoms with E-state index >= 15 is 0 Å². The van der Waals surface area contributed by atoms with Gasteiger partial charge in [-0.15, -0.1) is 0 Å². The minimum absolute atomic E-state index is 0.00399. The standard InChI is InChI=1S/C21H19F4N3O/c1-12(2)28-18(11-19(27-28)21(23,24)25)15-9-8-14(10-16(15)22)20(29)26-17-7-5-4-6-13(17)3/h4-12H,1-3H3,(H,26,29). The Kier molecular flexibility index (Phi) is 5.46. The maximum absolute atomic E-state index is 14.8. The van der Waals surface area contributed by atoms with E-state index in [-0.39, 0.29) is 16.8 Å². The Labute approximate surface area is 165 Å². The minimum Gasteiger partial charge on any atom is -0.322 e. The Morgan fingerprint density at radius 3 is 2.38 bits per heavy atom. The van der Waals surface area contributed by atoms with Gasteiger partial charge in [-0.1, -0.05) is 18.2 Å². The van der Waals surface area contributed by atoms with Crippen LogP contribution in [0.2, 0.25) is 0 Å². The van der Waals surface area contributed by atoms with Gasteiger partial charge in [0.2, 0.25) is 0 Å². The number of carbonyl (C=O) groups is 1. The molecule has 8 heteroatoms. The third kappa shape index (κ3) is 4.31. The lowest BCUT2D eigenvalue weighted by Crippen LogP contribution is -2.13. The van der Waals surface area contributed by atoms with E-state index in [1.54, 1.807) is 26.0 Å². The predicted octanol–water partition coefficient (Wildman–Crippen LogP) is 5.85. The Morgan fingerprint density at radius 2 is 1.79 bits per heavy atom. The van der Waals surface area contributed by atoms with Gasteiger partial charge in [0.1, 0.15) is 5.82 Å². The number of alkyl halides is 3. The molecule has 2 aromatic carbocycles. The smallest absolute Gasteiger partial charge is 0.322 e. The molecule has 0 atom stereocenters. The molecule has 0 aliphatic carbocycles. The highest BCUT2D eigenvalue weighted by molar-refractivity contribution is 6.04. The lowest BCUT2D eigenvalue weighted by Gasteiger charge is -2.13. The van der Waals surface area contributed by atoms with E-state index in [1.165, 1.54) is 12.1 Å². The number of aryl methyl sites for hydroxylation is 1. The molecule has 0 radical (unpaired) electrons. The second-order valence-corrected chi connectivity index (χ2v) is 6.91. The van der Waals surface area contributed by atoms with Gasteiger partial charge in [-0.3, -0.25) is 9.48 Å². The van der Waals surface area contributed by atoms with Crippen molar-refractivity contribution in [1.82, 2.24) is 9.78 Å². The topological polar surface area (TPSA) is 46.9 Å². The van der Waals surface area contributed by atoms with Gasteiger partial charge in [0.05, 0.1) is 5.69 Å². The quantitative estimate of drug-likeness (QED) is 0.554. The third-order valence-electron chi connectivity index (χ3n) is 4.42. The zero-order valence-corrected chi connectivity index (χ0v) is 16.0. The molecule has 3 aromatic rings. The number of anilines is 1. The molecular formula is C21H19F4N3O. The van der Waals surface area contributed by atoms with Crippen molar-refractivity contribution < 1.29 is 22.4 Å². The van der Waals surface area contributed by atoms with Crippen LogP contribution in [0.15, 0.2) is 48.5 Å². The molecule has 4 nitrogen and oxygen atoms in total. The Balaban J connectivity index is 1.95. The molecule has 0 spiro atoms. The molecule has 0 bridgehead atoms. The van der Waals surface area contributed by atoms with Gasteiger partial charge in [-0.25, -0.2) is 4.39 Å². The number of hydrogen-bond acceptors (Lipinski definition) is 2. The van der Waals surface area contributed by atoms with Crippen LogP contribution in [0, 0.1) is 12.7 Å². The number of nitrogens with one attached hydrogen (secondary N) is 1. The van der Waals surface area contributed by atoms with E-state index in [1.807, 2.05) is 19.1 Å². The van der Waals surface area contributed by atoms with Gasteiger partial charge in [0.15, 0.2) is 5.69 Å².